The molecule has 3 nitrogen and oxygen atoms in total. The molecular weight excluding hydrogens is 198 g/mol. The minimum Gasteiger partial charge on any atom is -0.270 e. The molecule has 2 rings (SSSR count). The first kappa shape index (κ1) is 9.15. The molecular formula is C10H9NO2S. The van der Waals surface area contributed by atoms with Crippen LogP contribution in [0.3, 0.4) is 0 Å². The second-order valence-electron chi connectivity index (χ2n) is 3.14. The molecule has 2 heterocycles. The molecule has 0 bridgehead atoms. The topological polar surface area (TPSA) is 37.4 Å². The number of rotatable bonds is 2. The minimum absolute atomic E-state index is 0.177. The van der Waals surface area contributed by atoms with Gasteiger partial charge in [-0.25, -0.2) is 0 Å². The Morgan fingerprint density at radius 3 is 2.71 bits per heavy atom. The van der Waals surface area contributed by atoms with E-state index >= 15 is 0 Å². The lowest BCUT2D eigenvalue weighted by atomic mass is 10.3. The summed E-state index contributed by atoms with van der Waals surface area (Å²) in [5.41, 5.74) is 0.520. The summed E-state index contributed by atoms with van der Waals surface area (Å²) in [5.74, 6) is -0.385. The van der Waals surface area contributed by atoms with Crippen molar-refractivity contribution >= 4 is 23.2 Å². The highest BCUT2D eigenvalue weighted by Gasteiger charge is 2.28. The highest BCUT2D eigenvalue weighted by Crippen LogP contribution is 2.18. The van der Waals surface area contributed by atoms with Crippen molar-refractivity contribution in [2.45, 2.75) is 13.5 Å². The van der Waals surface area contributed by atoms with Crippen LogP contribution in [0.1, 0.15) is 11.8 Å². The van der Waals surface area contributed by atoms with E-state index in [1.807, 2.05) is 17.5 Å². The first-order chi connectivity index (χ1) is 6.68. The Balaban J connectivity index is 2.15. The maximum absolute atomic E-state index is 11.5. The van der Waals surface area contributed by atoms with Crippen molar-refractivity contribution in [3.8, 4) is 0 Å². The van der Waals surface area contributed by atoms with E-state index in [1.165, 1.54) is 11.0 Å². The van der Waals surface area contributed by atoms with Crippen LogP contribution >= 0.6 is 11.3 Å². The van der Waals surface area contributed by atoms with Crippen LogP contribution in [-0.4, -0.2) is 16.7 Å². The van der Waals surface area contributed by atoms with E-state index in [4.69, 9.17) is 0 Å². The quantitative estimate of drug-likeness (QED) is 0.690. The van der Waals surface area contributed by atoms with Gasteiger partial charge in [-0.15, -0.1) is 11.3 Å². The van der Waals surface area contributed by atoms with Gasteiger partial charge in [0, 0.05) is 16.5 Å². The van der Waals surface area contributed by atoms with Crippen LogP contribution in [0.4, 0.5) is 0 Å². The second kappa shape index (κ2) is 3.38. The van der Waals surface area contributed by atoms with Crippen molar-refractivity contribution in [2.75, 3.05) is 0 Å². The summed E-state index contributed by atoms with van der Waals surface area (Å²) < 4.78 is 0. The summed E-state index contributed by atoms with van der Waals surface area (Å²) in [6.07, 6.45) is 1.38. The van der Waals surface area contributed by atoms with Crippen molar-refractivity contribution in [2.24, 2.45) is 0 Å². The van der Waals surface area contributed by atoms with Gasteiger partial charge in [0.2, 0.25) is 0 Å². The number of carbonyl (C=O) groups excluding carboxylic acids is 2. The monoisotopic (exact) mass is 207 g/mol. The Bertz CT molecular complexity index is 406. The molecule has 4 heteroatoms. The van der Waals surface area contributed by atoms with Crippen molar-refractivity contribution in [3.63, 3.8) is 0 Å². The van der Waals surface area contributed by atoms with Gasteiger partial charge in [0.15, 0.2) is 0 Å². The third kappa shape index (κ3) is 1.48. The number of nitrogens with zero attached hydrogens (tertiary/aromatic N) is 1. The molecule has 72 valence electrons. The van der Waals surface area contributed by atoms with E-state index in [1.54, 1.807) is 18.3 Å². The van der Waals surface area contributed by atoms with Gasteiger partial charge in [-0.1, -0.05) is 6.07 Å². The molecule has 0 radical (unpaired) electrons. The zero-order valence-electron chi connectivity index (χ0n) is 7.69. The maximum Gasteiger partial charge on any atom is 0.256 e. The Hall–Kier alpha value is -1.42. The van der Waals surface area contributed by atoms with E-state index in [2.05, 4.69) is 0 Å². The minimum atomic E-state index is -0.207. The van der Waals surface area contributed by atoms with Crippen molar-refractivity contribution < 1.29 is 9.59 Å². The zero-order valence-corrected chi connectivity index (χ0v) is 8.50. The van der Waals surface area contributed by atoms with E-state index < -0.39 is 0 Å². The smallest absolute Gasteiger partial charge is 0.256 e. The van der Waals surface area contributed by atoms with Crippen LogP contribution < -0.4 is 0 Å². The van der Waals surface area contributed by atoms with Crippen LogP contribution in [0.25, 0.3) is 0 Å². The summed E-state index contributed by atoms with van der Waals surface area (Å²) in [6, 6.07) is 3.82. The van der Waals surface area contributed by atoms with Gasteiger partial charge < -0.3 is 0 Å². The summed E-state index contributed by atoms with van der Waals surface area (Å²) >= 11 is 1.55. The lowest BCUT2D eigenvalue weighted by Gasteiger charge is -2.12. The molecule has 2 amide bonds. The lowest BCUT2D eigenvalue weighted by molar-refractivity contribution is -0.137. The standard InChI is InChI=1S/C10H9NO2S/c1-7-5-9(12)11(10(7)13)6-8-3-2-4-14-8/h2-5H,6H2,1H3. The van der Waals surface area contributed by atoms with Gasteiger partial charge in [-0.2, -0.15) is 0 Å². The van der Waals surface area contributed by atoms with Gasteiger partial charge in [-0.05, 0) is 18.4 Å². The highest BCUT2D eigenvalue weighted by molar-refractivity contribution is 7.09. The predicted molar refractivity (Wildman–Crippen MR) is 53.6 cm³/mol. The third-order valence-electron chi connectivity index (χ3n) is 2.08. The van der Waals surface area contributed by atoms with E-state index in [9.17, 15) is 9.59 Å². The Labute approximate surface area is 85.6 Å². The molecule has 1 aromatic rings. The van der Waals surface area contributed by atoms with Gasteiger partial charge in [0.25, 0.3) is 11.8 Å². The Morgan fingerprint density at radius 1 is 1.43 bits per heavy atom. The lowest BCUT2D eigenvalue weighted by Crippen LogP contribution is -2.29. The van der Waals surface area contributed by atoms with Gasteiger partial charge in [0.05, 0.1) is 6.54 Å². The van der Waals surface area contributed by atoms with E-state index in [0.29, 0.717) is 12.1 Å². The van der Waals surface area contributed by atoms with Gasteiger partial charge in [0.1, 0.15) is 0 Å². The molecule has 0 unspecified atom stereocenters. The number of thiophene rings is 1. The van der Waals surface area contributed by atoms with Crippen molar-refractivity contribution in [1.82, 2.24) is 4.90 Å². The molecule has 0 saturated carbocycles. The largest absolute Gasteiger partial charge is 0.270 e. The molecule has 1 aliphatic rings. The number of imide groups is 1. The third-order valence-corrected chi connectivity index (χ3v) is 2.94. The summed E-state index contributed by atoms with van der Waals surface area (Å²) in [5, 5.41) is 1.93. The molecule has 0 spiro atoms. The fourth-order valence-electron chi connectivity index (χ4n) is 1.35. The SMILES string of the molecule is CC1=CC(=O)N(Cc2cccs2)C1=O. The molecule has 0 aromatic carbocycles. The fraction of sp³-hybridized carbons (Fsp3) is 0.200. The predicted octanol–water partition coefficient (Wildman–Crippen LogP) is 1.56. The number of hydrogen-bond donors (Lipinski definition) is 0. The van der Waals surface area contributed by atoms with E-state index in [0.717, 1.165) is 4.88 Å². The molecule has 14 heavy (non-hydrogen) atoms. The highest BCUT2D eigenvalue weighted by atomic mass is 32.1. The molecule has 0 atom stereocenters. The van der Waals surface area contributed by atoms with Gasteiger partial charge in [-0.3, -0.25) is 14.5 Å². The first-order valence-corrected chi connectivity index (χ1v) is 5.13. The average molecular weight is 207 g/mol. The molecule has 0 fully saturated rings. The van der Waals surface area contributed by atoms with Crippen LogP contribution in [0.2, 0.25) is 0 Å². The average Bonchev–Trinajstić information content (AvgIpc) is 2.71. The second-order valence-corrected chi connectivity index (χ2v) is 4.17. The van der Waals surface area contributed by atoms with Crippen LogP contribution in [0, 0.1) is 0 Å². The summed E-state index contributed by atoms with van der Waals surface area (Å²) in [7, 11) is 0. The first-order valence-electron chi connectivity index (χ1n) is 4.25. The number of hydrogen-bond acceptors (Lipinski definition) is 3. The van der Waals surface area contributed by atoms with E-state index in [-0.39, 0.29) is 11.8 Å². The number of amides is 2. The fourth-order valence-corrected chi connectivity index (χ4v) is 2.04. The molecule has 1 aliphatic heterocycles. The van der Waals surface area contributed by atoms with Crippen LogP contribution in [0.5, 0.6) is 0 Å². The molecule has 0 aliphatic carbocycles. The number of carbonyl (C=O) groups is 2. The van der Waals surface area contributed by atoms with Crippen molar-refractivity contribution in [1.29, 1.82) is 0 Å². The Morgan fingerprint density at radius 2 is 2.21 bits per heavy atom. The normalized spacial score (nSPS) is 16.4. The Kier molecular flexibility index (Phi) is 2.21. The molecule has 1 aromatic heterocycles. The van der Waals surface area contributed by atoms with Crippen LogP contribution in [-0.2, 0) is 16.1 Å². The van der Waals surface area contributed by atoms with Crippen LogP contribution in [0.15, 0.2) is 29.2 Å². The van der Waals surface area contributed by atoms with Gasteiger partial charge >= 0.3 is 0 Å². The summed E-state index contributed by atoms with van der Waals surface area (Å²) in [6.45, 7) is 2.05. The summed E-state index contributed by atoms with van der Waals surface area (Å²) in [4.78, 5) is 25.1. The molecule has 0 saturated heterocycles. The zero-order chi connectivity index (χ0) is 10.1. The molecule has 0 N–H and O–H groups in total. The maximum atomic E-state index is 11.5. The van der Waals surface area contributed by atoms with Crippen molar-refractivity contribution in [3.05, 3.63) is 34.0 Å².